The third kappa shape index (κ3) is 2.98. The van der Waals surface area contributed by atoms with E-state index in [1.807, 2.05) is 23.5 Å². The highest BCUT2D eigenvalue weighted by Crippen LogP contribution is 2.37. The minimum absolute atomic E-state index is 0.310. The standard InChI is InChI=1S/C13H22OS2/c1-9-3-4-11(7-10(9)2)13(14)12-8-15-5-6-16-12/h9-12H,3-8H2,1-2H3. The fraction of sp³-hybridized carbons (Fsp3) is 0.923. The highest BCUT2D eigenvalue weighted by Gasteiger charge is 2.33. The van der Waals surface area contributed by atoms with Gasteiger partial charge in [-0.1, -0.05) is 13.8 Å². The van der Waals surface area contributed by atoms with Gasteiger partial charge in [0.25, 0.3) is 0 Å². The van der Waals surface area contributed by atoms with Crippen LogP contribution in [-0.2, 0) is 4.79 Å². The van der Waals surface area contributed by atoms with Crippen LogP contribution in [0.3, 0.4) is 0 Å². The fourth-order valence-corrected chi connectivity index (χ4v) is 5.44. The zero-order valence-corrected chi connectivity index (χ0v) is 11.9. The third-order valence-corrected chi connectivity index (χ3v) is 6.91. The second-order valence-electron chi connectivity index (χ2n) is 5.30. The van der Waals surface area contributed by atoms with Crippen LogP contribution in [0.25, 0.3) is 0 Å². The lowest BCUT2D eigenvalue weighted by Crippen LogP contribution is -2.34. The van der Waals surface area contributed by atoms with Gasteiger partial charge >= 0.3 is 0 Å². The Morgan fingerprint density at radius 2 is 1.94 bits per heavy atom. The van der Waals surface area contributed by atoms with Gasteiger partial charge in [0.15, 0.2) is 0 Å². The second-order valence-corrected chi connectivity index (χ2v) is 7.76. The van der Waals surface area contributed by atoms with Gasteiger partial charge in [0.05, 0.1) is 5.25 Å². The summed E-state index contributed by atoms with van der Waals surface area (Å²) in [5, 5.41) is 0.310. The Hall–Kier alpha value is 0.370. The van der Waals surface area contributed by atoms with Crippen LogP contribution in [0, 0.1) is 17.8 Å². The molecule has 2 aliphatic rings. The summed E-state index contributed by atoms with van der Waals surface area (Å²) in [4.78, 5) is 12.4. The van der Waals surface area contributed by atoms with Gasteiger partial charge in [-0.05, 0) is 31.1 Å². The quantitative estimate of drug-likeness (QED) is 0.755. The topological polar surface area (TPSA) is 17.1 Å². The highest BCUT2D eigenvalue weighted by molar-refractivity contribution is 8.07. The lowest BCUT2D eigenvalue weighted by Gasteiger charge is -2.33. The molecule has 0 radical (unpaired) electrons. The Labute approximate surface area is 108 Å². The maximum absolute atomic E-state index is 12.4. The van der Waals surface area contributed by atoms with Gasteiger partial charge in [-0.25, -0.2) is 0 Å². The van der Waals surface area contributed by atoms with E-state index in [-0.39, 0.29) is 0 Å². The van der Waals surface area contributed by atoms with Crippen molar-refractivity contribution in [3.05, 3.63) is 0 Å². The normalized spacial score (nSPS) is 40.6. The summed E-state index contributed by atoms with van der Waals surface area (Å²) in [6.45, 7) is 4.64. The molecule has 4 atom stereocenters. The van der Waals surface area contributed by atoms with Crippen LogP contribution in [0.1, 0.15) is 33.1 Å². The molecule has 2 fully saturated rings. The number of carbonyl (C=O) groups excluding carboxylic acids is 1. The summed E-state index contributed by atoms with van der Waals surface area (Å²) >= 11 is 3.85. The molecule has 1 aliphatic carbocycles. The van der Waals surface area contributed by atoms with Crippen molar-refractivity contribution in [1.82, 2.24) is 0 Å². The Balaban J connectivity index is 1.89. The molecule has 0 aromatic carbocycles. The van der Waals surface area contributed by atoms with Crippen molar-refractivity contribution in [3.63, 3.8) is 0 Å². The number of carbonyl (C=O) groups is 1. The van der Waals surface area contributed by atoms with Crippen molar-refractivity contribution >= 4 is 29.3 Å². The molecule has 0 N–H and O–H groups in total. The van der Waals surface area contributed by atoms with Crippen LogP contribution >= 0.6 is 23.5 Å². The van der Waals surface area contributed by atoms with Crippen LogP contribution < -0.4 is 0 Å². The van der Waals surface area contributed by atoms with Crippen molar-refractivity contribution < 1.29 is 4.79 Å². The molecule has 1 heterocycles. The zero-order valence-electron chi connectivity index (χ0n) is 10.3. The van der Waals surface area contributed by atoms with Crippen molar-refractivity contribution in [2.45, 2.75) is 38.4 Å². The molecule has 0 spiro atoms. The molecule has 0 amide bonds. The molecule has 92 valence electrons. The molecular weight excluding hydrogens is 236 g/mol. The van der Waals surface area contributed by atoms with E-state index in [9.17, 15) is 4.79 Å². The summed E-state index contributed by atoms with van der Waals surface area (Å²) in [7, 11) is 0. The van der Waals surface area contributed by atoms with Crippen LogP contribution in [-0.4, -0.2) is 28.3 Å². The monoisotopic (exact) mass is 258 g/mol. The molecule has 4 unspecified atom stereocenters. The molecule has 1 saturated carbocycles. The van der Waals surface area contributed by atoms with Crippen molar-refractivity contribution in [1.29, 1.82) is 0 Å². The Morgan fingerprint density at radius 3 is 2.56 bits per heavy atom. The van der Waals surface area contributed by atoms with Gasteiger partial charge < -0.3 is 0 Å². The molecule has 0 aromatic heterocycles. The first-order valence-corrected chi connectivity index (χ1v) is 8.62. The molecule has 0 bridgehead atoms. The summed E-state index contributed by atoms with van der Waals surface area (Å²) in [6, 6.07) is 0. The van der Waals surface area contributed by atoms with Gasteiger partial charge in [0, 0.05) is 23.2 Å². The van der Waals surface area contributed by atoms with E-state index in [2.05, 4.69) is 13.8 Å². The van der Waals surface area contributed by atoms with Crippen molar-refractivity contribution in [3.8, 4) is 0 Å². The smallest absolute Gasteiger partial charge is 0.149 e. The fourth-order valence-electron chi connectivity index (χ4n) is 2.72. The molecule has 1 aliphatic heterocycles. The van der Waals surface area contributed by atoms with E-state index in [4.69, 9.17) is 0 Å². The predicted molar refractivity (Wildman–Crippen MR) is 74.2 cm³/mol. The number of ketones is 1. The zero-order chi connectivity index (χ0) is 11.5. The van der Waals surface area contributed by atoms with Crippen LogP contribution in [0.4, 0.5) is 0 Å². The lowest BCUT2D eigenvalue weighted by molar-refractivity contribution is -0.123. The maximum Gasteiger partial charge on any atom is 0.149 e. The van der Waals surface area contributed by atoms with E-state index in [1.54, 1.807) is 0 Å². The van der Waals surface area contributed by atoms with Crippen LogP contribution in [0.15, 0.2) is 0 Å². The number of thioether (sulfide) groups is 2. The minimum atomic E-state index is 0.310. The number of rotatable bonds is 2. The summed E-state index contributed by atoms with van der Waals surface area (Å²) < 4.78 is 0. The average Bonchev–Trinajstić information content (AvgIpc) is 2.33. The molecule has 16 heavy (non-hydrogen) atoms. The van der Waals surface area contributed by atoms with Crippen LogP contribution in [0.2, 0.25) is 0 Å². The molecule has 0 aromatic rings. The third-order valence-electron chi connectivity index (χ3n) is 4.13. The first kappa shape index (κ1) is 12.8. The molecule has 2 rings (SSSR count). The van der Waals surface area contributed by atoms with Gasteiger partial charge in [-0.2, -0.15) is 11.8 Å². The number of hydrogen-bond acceptors (Lipinski definition) is 3. The summed E-state index contributed by atoms with van der Waals surface area (Å²) in [6.07, 6.45) is 3.54. The molecule has 1 saturated heterocycles. The molecule has 1 nitrogen and oxygen atoms in total. The lowest BCUT2D eigenvalue weighted by atomic mass is 9.74. The SMILES string of the molecule is CC1CCC(C(=O)C2CSCCS2)CC1C. The summed E-state index contributed by atoms with van der Waals surface area (Å²) in [5.41, 5.74) is 0. The van der Waals surface area contributed by atoms with E-state index in [1.165, 1.54) is 17.9 Å². The van der Waals surface area contributed by atoms with E-state index < -0.39 is 0 Å². The largest absolute Gasteiger partial charge is 0.298 e. The van der Waals surface area contributed by atoms with Crippen LogP contribution in [0.5, 0.6) is 0 Å². The van der Waals surface area contributed by atoms with E-state index in [0.717, 1.165) is 30.4 Å². The molecule has 3 heteroatoms. The van der Waals surface area contributed by atoms with Crippen molar-refractivity contribution in [2.75, 3.05) is 17.3 Å². The maximum atomic E-state index is 12.4. The minimum Gasteiger partial charge on any atom is -0.298 e. The Bertz CT molecular complexity index is 248. The van der Waals surface area contributed by atoms with E-state index in [0.29, 0.717) is 17.0 Å². The van der Waals surface area contributed by atoms with Gasteiger partial charge in [-0.3, -0.25) is 4.79 Å². The average molecular weight is 258 g/mol. The Kier molecular flexibility index (Phi) is 4.66. The first-order chi connectivity index (χ1) is 7.68. The summed E-state index contributed by atoms with van der Waals surface area (Å²) in [5.74, 6) is 5.95. The second kappa shape index (κ2) is 5.81. The van der Waals surface area contributed by atoms with Crippen molar-refractivity contribution in [2.24, 2.45) is 17.8 Å². The van der Waals surface area contributed by atoms with Gasteiger partial charge in [-0.15, -0.1) is 11.8 Å². The molecular formula is C13H22OS2. The predicted octanol–water partition coefficient (Wildman–Crippen LogP) is 3.48. The highest BCUT2D eigenvalue weighted by atomic mass is 32.2. The van der Waals surface area contributed by atoms with Gasteiger partial charge in [0.1, 0.15) is 5.78 Å². The first-order valence-electron chi connectivity index (χ1n) is 6.41. The number of hydrogen-bond donors (Lipinski definition) is 0. The Morgan fingerprint density at radius 1 is 1.12 bits per heavy atom. The van der Waals surface area contributed by atoms with Gasteiger partial charge in [0.2, 0.25) is 0 Å². The van der Waals surface area contributed by atoms with E-state index >= 15 is 0 Å². The number of Topliss-reactive ketones (excluding diaryl/α,β-unsaturated/α-hetero) is 1.